The van der Waals surface area contributed by atoms with Crippen molar-refractivity contribution in [2.45, 2.75) is 27.4 Å². The van der Waals surface area contributed by atoms with E-state index in [1.165, 1.54) is 6.92 Å². The molecule has 0 aliphatic rings. The van der Waals surface area contributed by atoms with E-state index in [1.54, 1.807) is 31.2 Å². The summed E-state index contributed by atoms with van der Waals surface area (Å²) in [5.41, 5.74) is 3.00. The quantitative estimate of drug-likeness (QED) is 0.673. The van der Waals surface area contributed by atoms with E-state index in [0.717, 1.165) is 11.3 Å². The molecule has 0 spiro atoms. The number of aryl methyl sites for hydroxylation is 2. The maximum Gasteiger partial charge on any atom is 0.278 e. The van der Waals surface area contributed by atoms with Gasteiger partial charge >= 0.3 is 0 Å². The van der Waals surface area contributed by atoms with Crippen molar-refractivity contribution in [2.24, 2.45) is 0 Å². The smallest absolute Gasteiger partial charge is 0.278 e. The number of benzene rings is 2. The summed E-state index contributed by atoms with van der Waals surface area (Å²) >= 11 is 0. The van der Waals surface area contributed by atoms with Gasteiger partial charge < -0.3 is 19.9 Å². The molecule has 3 rings (SSSR count). The Bertz CT molecular complexity index is 993. The van der Waals surface area contributed by atoms with Gasteiger partial charge in [0.25, 0.3) is 5.91 Å². The molecule has 0 bridgehead atoms. The highest BCUT2D eigenvalue weighted by Crippen LogP contribution is 2.22. The Hall–Kier alpha value is -3.61. The van der Waals surface area contributed by atoms with Crippen LogP contribution in [0.5, 0.6) is 5.75 Å². The number of ether oxygens (including phenoxy) is 1. The van der Waals surface area contributed by atoms with Gasteiger partial charge in [-0.25, -0.2) is 0 Å². The van der Waals surface area contributed by atoms with Gasteiger partial charge in [-0.2, -0.15) is 0 Å². The molecule has 1 heterocycles. The van der Waals surface area contributed by atoms with E-state index in [-0.39, 0.29) is 18.2 Å². The molecule has 3 aromatic rings. The molecule has 28 heavy (non-hydrogen) atoms. The summed E-state index contributed by atoms with van der Waals surface area (Å²) in [4.78, 5) is 23.7. The summed E-state index contributed by atoms with van der Waals surface area (Å²) in [6.07, 6.45) is 0. The summed E-state index contributed by atoms with van der Waals surface area (Å²) in [6, 6.07) is 14.4. The molecule has 2 amide bonds. The first-order valence-electron chi connectivity index (χ1n) is 8.76. The lowest BCUT2D eigenvalue weighted by molar-refractivity contribution is -0.114. The summed E-state index contributed by atoms with van der Waals surface area (Å²) in [5.74, 6) is 0.712. The Morgan fingerprint density at radius 1 is 1.00 bits per heavy atom. The summed E-state index contributed by atoms with van der Waals surface area (Å²) in [6.45, 7) is 5.30. The van der Waals surface area contributed by atoms with Gasteiger partial charge in [-0.05, 0) is 49.7 Å². The second-order valence-electron chi connectivity index (χ2n) is 6.33. The van der Waals surface area contributed by atoms with Gasteiger partial charge in [0.15, 0.2) is 5.69 Å². The van der Waals surface area contributed by atoms with Gasteiger partial charge in [0.05, 0.1) is 5.56 Å². The van der Waals surface area contributed by atoms with Crippen LogP contribution in [0, 0.1) is 13.8 Å². The first-order valence-corrected chi connectivity index (χ1v) is 8.76. The van der Waals surface area contributed by atoms with Gasteiger partial charge in [0.1, 0.15) is 18.1 Å². The van der Waals surface area contributed by atoms with E-state index in [9.17, 15) is 9.59 Å². The molecule has 0 radical (unpaired) electrons. The number of aromatic nitrogens is 1. The SMILES string of the molecule is CC(=O)Nc1ccc(NC(=O)c2noc(C)c2COc2ccccc2C)cc1. The number of hydrogen-bond acceptors (Lipinski definition) is 5. The number of nitrogens with one attached hydrogen (secondary N) is 2. The molecule has 2 aromatic carbocycles. The Labute approximate surface area is 162 Å². The van der Waals surface area contributed by atoms with E-state index in [4.69, 9.17) is 9.26 Å². The molecule has 0 saturated heterocycles. The van der Waals surface area contributed by atoms with Crippen LogP contribution in [0.25, 0.3) is 0 Å². The van der Waals surface area contributed by atoms with E-state index in [2.05, 4.69) is 15.8 Å². The highest BCUT2D eigenvalue weighted by atomic mass is 16.5. The minimum absolute atomic E-state index is 0.159. The number of hydrogen-bond donors (Lipinski definition) is 2. The van der Waals surface area contributed by atoms with Crippen molar-refractivity contribution >= 4 is 23.2 Å². The van der Waals surface area contributed by atoms with Crippen molar-refractivity contribution < 1.29 is 18.8 Å². The van der Waals surface area contributed by atoms with E-state index in [1.807, 2.05) is 31.2 Å². The standard InChI is InChI=1S/C21H21N3O4/c1-13-6-4-5-7-19(13)27-12-18-14(2)28-24-20(18)21(26)23-17-10-8-16(9-11-17)22-15(3)25/h4-11H,12H2,1-3H3,(H,22,25)(H,23,26). The van der Waals surface area contributed by atoms with Crippen molar-refractivity contribution in [1.29, 1.82) is 0 Å². The number of carbonyl (C=O) groups is 2. The van der Waals surface area contributed by atoms with Crippen molar-refractivity contribution in [3.8, 4) is 5.75 Å². The predicted octanol–water partition coefficient (Wildman–Crippen LogP) is 4.08. The van der Waals surface area contributed by atoms with Gasteiger partial charge in [-0.3, -0.25) is 9.59 Å². The van der Waals surface area contributed by atoms with Crippen LogP contribution in [0.1, 0.15) is 34.3 Å². The number of para-hydroxylation sites is 1. The van der Waals surface area contributed by atoms with Crippen LogP contribution >= 0.6 is 0 Å². The van der Waals surface area contributed by atoms with Crippen molar-refractivity contribution in [1.82, 2.24) is 5.16 Å². The van der Waals surface area contributed by atoms with Crippen LogP contribution in [0.2, 0.25) is 0 Å². The van der Waals surface area contributed by atoms with E-state index < -0.39 is 5.91 Å². The van der Waals surface area contributed by atoms with Gasteiger partial charge in [0, 0.05) is 18.3 Å². The predicted molar refractivity (Wildman–Crippen MR) is 105 cm³/mol. The molecule has 2 N–H and O–H groups in total. The zero-order valence-corrected chi connectivity index (χ0v) is 15.9. The van der Waals surface area contributed by atoms with Gasteiger partial charge in [0.2, 0.25) is 5.91 Å². The Balaban J connectivity index is 1.70. The lowest BCUT2D eigenvalue weighted by Crippen LogP contribution is -2.15. The van der Waals surface area contributed by atoms with Gasteiger partial charge in [-0.15, -0.1) is 0 Å². The highest BCUT2D eigenvalue weighted by molar-refractivity contribution is 6.04. The molecule has 7 nitrogen and oxygen atoms in total. The monoisotopic (exact) mass is 379 g/mol. The van der Waals surface area contributed by atoms with Crippen LogP contribution in [0.4, 0.5) is 11.4 Å². The molecule has 0 saturated carbocycles. The molecular formula is C21H21N3O4. The summed E-state index contributed by atoms with van der Waals surface area (Å²) in [7, 11) is 0. The Morgan fingerprint density at radius 3 is 2.29 bits per heavy atom. The van der Waals surface area contributed by atoms with Crippen LogP contribution in [0.3, 0.4) is 0 Å². The van der Waals surface area contributed by atoms with Crippen molar-refractivity contribution in [2.75, 3.05) is 10.6 Å². The summed E-state index contributed by atoms with van der Waals surface area (Å²) < 4.78 is 11.0. The molecule has 0 fully saturated rings. The number of rotatable bonds is 6. The minimum atomic E-state index is -0.396. The highest BCUT2D eigenvalue weighted by Gasteiger charge is 2.20. The van der Waals surface area contributed by atoms with Crippen molar-refractivity contribution in [3.63, 3.8) is 0 Å². The maximum atomic E-state index is 12.6. The number of anilines is 2. The molecule has 7 heteroatoms. The fourth-order valence-corrected chi connectivity index (χ4v) is 2.64. The number of carbonyl (C=O) groups excluding carboxylic acids is 2. The van der Waals surface area contributed by atoms with Crippen LogP contribution in [0.15, 0.2) is 53.1 Å². The molecular weight excluding hydrogens is 358 g/mol. The molecule has 0 unspecified atom stereocenters. The third-order valence-corrected chi connectivity index (χ3v) is 4.13. The maximum absolute atomic E-state index is 12.6. The molecule has 0 aliphatic carbocycles. The zero-order chi connectivity index (χ0) is 20.1. The molecule has 144 valence electrons. The Morgan fingerprint density at radius 2 is 1.64 bits per heavy atom. The lowest BCUT2D eigenvalue weighted by Gasteiger charge is -2.09. The third kappa shape index (κ3) is 4.56. The fraction of sp³-hybridized carbons (Fsp3) is 0.190. The van der Waals surface area contributed by atoms with Crippen LogP contribution in [-0.2, 0) is 11.4 Å². The van der Waals surface area contributed by atoms with E-state index in [0.29, 0.717) is 22.7 Å². The fourth-order valence-electron chi connectivity index (χ4n) is 2.64. The van der Waals surface area contributed by atoms with Crippen LogP contribution in [-0.4, -0.2) is 17.0 Å². The zero-order valence-electron chi connectivity index (χ0n) is 15.9. The Kier molecular flexibility index (Phi) is 5.74. The normalized spacial score (nSPS) is 10.4. The number of amides is 2. The second kappa shape index (κ2) is 8.39. The molecule has 0 aliphatic heterocycles. The summed E-state index contributed by atoms with van der Waals surface area (Å²) in [5, 5.41) is 9.32. The van der Waals surface area contributed by atoms with E-state index >= 15 is 0 Å². The average Bonchev–Trinajstić information content (AvgIpc) is 3.03. The van der Waals surface area contributed by atoms with Crippen LogP contribution < -0.4 is 15.4 Å². The lowest BCUT2D eigenvalue weighted by atomic mass is 10.2. The molecule has 1 aromatic heterocycles. The topological polar surface area (TPSA) is 93.5 Å². The van der Waals surface area contributed by atoms with Gasteiger partial charge in [-0.1, -0.05) is 23.4 Å². The molecule has 0 atom stereocenters. The largest absolute Gasteiger partial charge is 0.488 e. The van der Waals surface area contributed by atoms with Crippen molar-refractivity contribution in [3.05, 3.63) is 71.1 Å². The first kappa shape index (κ1) is 19.2. The minimum Gasteiger partial charge on any atom is -0.488 e. The first-order chi connectivity index (χ1) is 13.4. The third-order valence-electron chi connectivity index (χ3n) is 4.13. The number of nitrogens with zero attached hydrogens (tertiary/aromatic N) is 1. The average molecular weight is 379 g/mol. The second-order valence-corrected chi connectivity index (χ2v) is 6.33.